The van der Waals surface area contributed by atoms with Crippen LogP contribution in [-0.2, 0) is 16.6 Å². The lowest BCUT2D eigenvalue weighted by atomic mass is 10.2. The number of anilines is 1. The van der Waals surface area contributed by atoms with Gasteiger partial charge in [0, 0.05) is 17.4 Å². The van der Waals surface area contributed by atoms with Gasteiger partial charge in [0.1, 0.15) is 5.75 Å². The second-order valence-electron chi connectivity index (χ2n) is 6.09. The minimum atomic E-state index is -3.77. The molecule has 0 aliphatic carbocycles. The van der Waals surface area contributed by atoms with Gasteiger partial charge in [-0.2, -0.15) is 0 Å². The van der Waals surface area contributed by atoms with Gasteiger partial charge in [-0.25, -0.2) is 8.42 Å². The van der Waals surface area contributed by atoms with E-state index in [2.05, 4.69) is 15.0 Å². The van der Waals surface area contributed by atoms with Gasteiger partial charge in [0.2, 0.25) is 0 Å². The molecule has 0 fully saturated rings. The van der Waals surface area contributed by atoms with Crippen molar-refractivity contribution in [3.63, 3.8) is 0 Å². The first-order valence-corrected chi connectivity index (χ1v) is 10.5. The molecule has 0 radical (unpaired) electrons. The third kappa shape index (κ3) is 5.55. The zero-order valence-corrected chi connectivity index (χ0v) is 16.6. The van der Waals surface area contributed by atoms with E-state index in [0.29, 0.717) is 30.2 Å². The molecule has 2 aromatic carbocycles. The van der Waals surface area contributed by atoms with Gasteiger partial charge in [-0.1, -0.05) is 6.07 Å². The molecule has 3 rings (SSSR count). The van der Waals surface area contributed by atoms with Gasteiger partial charge in [-0.3, -0.25) is 14.5 Å². The molecular formula is C21H21N3O4S. The molecule has 1 amide bonds. The highest BCUT2D eigenvalue weighted by Crippen LogP contribution is 2.20. The smallest absolute Gasteiger partial charge is 0.261 e. The maximum atomic E-state index is 12.6. The summed E-state index contributed by atoms with van der Waals surface area (Å²) in [4.78, 5) is 16.4. The van der Waals surface area contributed by atoms with Crippen molar-refractivity contribution in [2.45, 2.75) is 18.4 Å². The summed E-state index contributed by atoms with van der Waals surface area (Å²) in [5.74, 6) is 0.357. The van der Waals surface area contributed by atoms with Crippen LogP contribution in [0.15, 0.2) is 77.8 Å². The number of rotatable bonds is 8. The van der Waals surface area contributed by atoms with Crippen LogP contribution in [-0.4, -0.2) is 25.9 Å². The third-order valence-corrected chi connectivity index (χ3v) is 5.40. The van der Waals surface area contributed by atoms with Crippen LogP contribution in [0.2, 0.25) is 0 Å². The zero-order chi connectivity index (χ0) is 20.7. The number of hydrogen-bond acceptors (Lipinski definition) is 5. The van der Waals surface area contributed by atoms with Crippen molar-refractivity contribution in [3.8, 4) is 5.75 Å². The number of nitrogens with one attached hydrogen (secondary N) is 2. The van der Waals surface area contributed by atoms with Gasteiger partial charge in [0.05, 0.1) is 23.7 Å². The van der Waals surface area contributed by atoms with Gasteiger partial charge in [0.15, 0.2) is 0 Å². The Morgan fingerprint density at radius 3 is 2.34 bits per heavy atom. The quantitative estimate of drug-likeness (QED) is 0.593. The Labute approximate surface area is 169 Å². The number of ether oxygens (including phenoxy) is 1. The van der Waals surface area contributed by atoms with Crippen molar-refractivity contribution in [2.75, 3.05) is 11.3 Å². The number of carbonyl (C=O) groups is 1. The first-order valence-electron chi connectivity index (χ1n) is 9.02. The van der Waals surface area contributed by atoms with E-state index < -0.39 is 10.0 Å². The molecule has 0 unspecified atom stereocenters. The first-order chi connectivity index (χ1) is 14.0. The van der Waals surface area contributed by atoms with E-state index in [9.17, 15) is 13.2 Å². The Bertz CT molecular complexity index is 1050. The Hall–Kier alpha value is -3.39. The van der Waals surface area contributed by atoms with Crippen LogP contribution in [0.25, 0.3) is 0 Å². The van der Waals surface area contributed by atoms with E-state index in [1.807, 2.05) is 19.1 Å². The Morgan fingerprint density at radius 2 is 1.72 bits per heavy atom. The molecule has 0 bridgehead atoms. The lowest BCUT2D eigenvalue weighted by Crippen LogP contribution is -2.23. The van der Waals surface area contributed by atoms with Crippen molar-refractivity contribution in [2.24, 2.45) is 0 Å². The molecule has 1 heterocycles. The molecular weight excluding hydrogens is 390 g/mol. The summed E-state index contributed by atoms with van der Waals surface area (Å²) in [5, 5.41) is 2.75. The summed E-state index contributed by atoms with van der Waals surface area (Å²) in [6.07, 6.45) is 1.65. The fraction of sp³-hybridized carbons (Fsp3) is 0.143. The molecule has 150 valence electrons. The van der Waals surface area contributed by atoms with Crippen LogP contribution in [0, 0.1) is 0 Å². The minimum Gasteiger partial charge on any atom is -0.494 e. The lowest BCUT2D eigenvalue weighted by Gasteiger charge is -2.10. The Kier molecular flexibility index (Phi) is 6.46. The van der Waals surface area contributed by atoms with E-state index >= 15 is 0 Å². The number of sulfonamides is 1. The number of pyridine rings is 1. The van der Waals surface area contributed by atoms with Crippen molar-refractivity contribution in [3.05, 3.63) is 84.2 Å². The fourth-order valence-electron chi connectivity index (χ4n) is 2.56. The largest absolute Gasteiger partial charge is 0.494 e. The van der Waals surface area contributed by atoms with E-state index in [-0.39, 0.29) is 10.8 Å². The number of hydrogen-bond donors (Lipinski definition) is 2. The highest BCUT2D eigenvalue weighted by molar-refractivity contribution is 7.92. The fourth-order valence-corrected chi connectivity index (χ4v) is 3.62. The van der Waals surface area contributed by atoms with E-state index in [1.54, 1.807) is 36.5 Å². The summed E-state index contributed by atoms with van der Waals surface area (Å²) < 4.78 is 33.0. The molecule has 8 heteroatoms. The van der Waals surface area contributed by atoms with E-state index in [4.69, 9.17) is 4.74 Å². The van der Waals surface area contributed by atoms with Gasteiger partial charge in [-0.05, 0) is 67.6 Å². The third-order valence-electron chi connectivity index (χ3n) is 4.00. The molecule has 0 aliphatic rings. The number of nitrogens with zero attached hydrogens (tertiary/aromatic N) is 1. The molecule has 0 spiro atoms. The Morgan fingerprint density at radius 1 is 1.00 bits per heavy atom. The zero-order valence-electron chi connectivity index (χ0n) is 15.8. The van der Waals surface area contributed by atoms with Gasteiger partial charge in [0.25, 0.3) is 15.9 Å². The van der Waals surface area contributed by atoms with Gasteiger partial charge < -0.3 is 10.1 Å². The van der Waals surface area contributed by atoms with Crippen LogP contribution in [0.3, 0.4) is 0 Å². The van der Waals surface area contributed by atoms with Crippen molar-refractivity contribution in [1.29, 1.82) is 0 Å². The average molecular weight is 411 g/mol. The summed E-state index contributed by atoms with van der Waals surface area (Å²) in [6.45, 7) is 2.70. The van der Waals surface area contributed by atoms with Crippen molar-refractivity contribution < 1.29 is 17.9 Å². The molecule has 29 heavy (non-hydrogen) atoms. The van der Waals surface area contributed by atoms with Crippen molar-refractivity contribution >= 4 is 21.6 Å². The summed E-state index contributed by atoms with van der Waals surface area (Å²) >= 11 is 0. The Balaban J connectivity index is 1.64. The second kappa shape index (κ2) is 9.20. The van der Waals surface area contributed by atoms with Gasteiger partial charge in [-0.15, -0.1) is 0 Å². The molecule has 0 aliphatic heterocycles. The van der Waals surface area contributed by atoms with Crippen LogP contribution in [0.5, 0.6) is 5.75 Å². The lowest BCUT2D eigenvalue weighted by molar-refractivity contribution is 0.0950. The average Bonchev–Trinajstić information content (AvgIpc) is 2.74. The van der Waals surface area contributed by atoms with Gasteiger partial charge >= 0.3 is 0 Å². The monoisotopic (exact) mass is 411 g/mol. The normalized spacial score (nSPS) is 10.9. The first kappa shape index (κ1) is 20.3. The summed E-state index contributed by atoms with van der Waals surface area (Å²) in [5.41, 5.74) is 1.52. The van der Waals surface area contributed by atoms with Crippen molar-refractivity contribution in [1.82, 2.24) is 10.3 Å². The predicted molar refractivity (Wildman–Crippen MR) is 110 cm³/mol. The SMILES string of the molecule is CCOc1ccc(NS(=O)(=O)c2ccc(C(=O)NCc3ccccn3)cc2)cc1. The number of benzene rings is 2. The number of amides is 1. The highest BCUT2D eigenvalue weighted by atomic mass is 32.2. The molecule has 1 aromatic heterocycles. The summed E-state index contributed by atoms with van der Waals surface area (Å²) in [6, 6.07) is 17.8. The predicted octanol–water partition coefficient (Wildman–Crippen LogP) is 3.21. The molecule has 0 saturated carbocycles. The maximum absolute atomic E-state index is 12.6. The van der Waals surface area contributed by atoms with E-state index in [0.717, 1.165) is 5.69 Å². The second-order valence-corrected chi connectivity index (χ2v) is 7.77. The maximum Gasteiger partial charge on any atom is 0.261 e. The van der Waals surface area contributed by atoms with Crippen LogP contribution >= 0.6 is 0 Å². The molecule has 3 aromatic rings. The standard InChI is InChI=1S/C21H21N3O4S/c1-2-28-19-10-8-17(9-11-19)24-29(26,27)20-12-6-16(7-13-20)21(25)23-15-18-5-3-4-14-22-18/h3-14,24H,2,15H2,1H3,(H,23,25). The minimum absolute atomic E-state index is 0.0626. The van der Waals surface area contributed by atoms with Crippen LogP contribution in [0.4, 0.5) is 5.69 Å². The molecule has 0 atom stereocenters. The topological polar surface area (TPSA) is 97.4 Å². The van der Waals surface area contributed by atoms with Crippen LogP contribution < -0.4 is 14.8 Å². The molecule has 0 saturated heterocycles. The van der Waals surface area contributed by atoms with Crippen LogP contribution in [0.1, 0.15) is 23.0 Å². The van der Waals surface area contributed by atoms with E-state index in [1.165, 1.54) is 24.3 Å². The highest BCUT2D eigenvalue weighted by Gasteiger charge is 2.15. The molecule has 2 N–H and O–H groups in total. The summed E-state index contributed by atoms with van der Waals surface area (Å²) in [7, 11) is -3.77. The molecule has 7 nitrogen and oxygen atoms in total. The number of aromatic nitrogens is 1. The number of carbonyl (C=O) groups excluding carboxylic acids is 1.